The van der Waals surface area contributed by atoms with Crippen molar-refractivity contribution >= 4 is 23.5 Å². The molecule has 0 saturated carbocycles. The van der Waals surface area contributed by atoms with Crippen LogP contribution < -0.4 is 11.4 Å². The fraction of sp³-hybridized carbons (Fsp3) is 0.267. The standard InChI is InChI=1S/C8H11N3O3S.C7H6O3/c9-5-1-2-11(8(13)10-5)6-4-15-7(3-12)14-6;8-6-4-2-1-3-5(6)7(9)10/h1-2,6-7,12H,3-4H2,(H2,9,10,13);1-4,8H,(H,9,10). The normalized spacial score (nSPS) is 19.1. The van der Waals surface area contributed by atoms with Gasteiger partial charge in [-0.05, 0) is 18.2 Å². The van der Waals surface area contributed by atoms with Gasteiger partial charge in [0.2, 0.25) is 0 Å². The van der Waals surface area contributed by atoms with E-state index in [1.165, 1.54) is 28.5 Å². The first-order chi connectivity index (χ1) is 11.9. The molecule has 2 atom stereocenters. The monoisotopic (exact) mass is 367 g/mol. The molecule has 2 unspecified atom stereocenters. The maximum Gasteiger partial charge on any atom is 0.351 e. The van der Waals surface area contributed by atoms with E-state index in [4.69, 9.17) is 25.8 Å². The van der Waals surface area contributed by atoms with Gasteiger partial charge in [0.05, 0.1) is 6.61 Å². The summed E-state index contributed by atoms with van der Waals surface area (Å²) >= 11 is 1.47. The van der Waals surface area contributed by atoms with Crippen molar-refractivity contribution in [2.45, 2.75) is 11.7 Å². The van der Waals surface area contributed by atoms with E-state index in [0.29, 0.717) is 5.75 Å². The first kappa shape index (κ1) is 18.8. The van der Waals surface area contributed by atoms with Crippen molar-refractivity contribution < 1.29 is 24.9 Å². The van der Waals surface area contributed by atoms with Crippen LogP contribution in [0.2, 0.25) is 0 Å². The van der Waals surface area contributed by atoms with Crippen molar-refractivity contribution in [3.63, 3.8) is 0 Å². The zero-order chi connectivity index (χ0) is 18.4. The van der Waals surface area contributed by atoms with E-state index < -0.39 is 11.7 Å². The highest BCUT2D eigenvalue weighted by atomic mass is 32.2. The average molecular weight is 367 g/mol. The molecule has 3 rings (SSSR count). The number of carboxylic acids is 1. The fourth-order valence-electron chi connectivity index (χ4n) is 1.98. The van der Waals surface area contributed by atoms with Crippen LogP contribution in [0.5, 0.6) is 5.75 Å². The van der Waals surface area contributed by atoms with Gasteiger partial charge in [0.15, 0.2) is 0 Å². The molecule has 0 bridgehead atoms. The molecule has 1 aliphatic rings. The van der Waals surface area contributed by atoms with E-state index in [1.54, 1.807) is 24.4 Å². The highest BCUT2D eigenvalue weighted by Gasteiger charge is 2.27. The second-order valence-corrected chi connectivity index (χ2v) is 6.09. The highest BCUT2D eigenvalue weighted by Crippen LogP contribution is 2.30. The zero-order valence-corrected chi connectivity index (χ0v) is 13.8. The Labute approximate surface area is 146 Å². The number of aromatic nitrogens is 2. The second-order valence-electron chi connectivity index (χ2n) is 4.90. The number of carboxylic acid groups (broad SMARTS) is 1. The minimum absolute atomic E-state index is 0.0572. The summed E-state index contributed by atoms with van der Waals surface area (Å²) in [4.78, 5) is 25.3. The van der Waals surface area contributed by atoms with Crippen LogP contribution >= 0.6 is 11.8 Å². The lowest BCUT2D eigenvalue weighted by Gasteiger charge is -2.13. The number of aromatic hydroxyl groups is 1. The summed E-state index contributed by atoms with van der Waals surface area (Å²) < 4.78 is 6.79. The summed E-state index contributed by atoms with van der Waals surface area (Å²) in [5, 5.41) is 26.2. The number of hydrogen-bond acceptors (Lipinski definition) is 8. The van der Waals surface area contributed by atoms with Gasteiger partial charge >= 0.3 is 11.7 Å². The molecule has 1 aliphatic heterocycles. The maximum atomic E-state index is 11.4. The number of aliphatic hydroxyl groups excluding tert-OH is 1. The number of rotatable bonds is 3. The zero-order valence-electron chi connectivity index (χ0n) is 13.0. The van der Waals surface area contributed by atoms with Crippen LogP contribution in [-0.4, -0.2) is 48.6 Å². The Morgan fingerprint density at radius 1 is 1.40 bits per heavy atom. The van der Waals surface area contributed by atoms with E-state index in [2.05, 4.69) is 4.98 Å². The van der Waals surface area contributed by atoms with Crippen LogP contribution in [0.15, 0.2) is 41.3 Å². The number of aromatic carboxylic acids is 1. The number of hydrogen-bond donors (Lipinski definition) is 4. The molecular weight excluding hydrogens is 350 g/mol. The van der Waals surface area contributed by atoms with E-state index in [0.717, 1.165) is 0 Å². The molecule has 0 radical (unpaired) electrons. The number of phenols is 1. The topological polar surface area (TPSA) is 148 Å². The number of ether oxygens (including phenoxy) is 1. The SMILES string of the molecule is Nc1ccn(C2CSC(CO)O2)c(=O)n1.O=C(O)c1ccccc1O. The molecule has 1 aromatic carbocycles. The Hall–Kier alpha value is -2.56. The smallest absolute Gasteiger partial charge is 0.351 e. The molecule has 1 aromatic heterocycles. The van der Waals surface area contributed by atoms with Crippen LogP contribution in [0, 0.1) is 0 Å². The Bertz CT molecular complexity index is 797. The van der Waals surface area contributed by atoms with Gasteiger partial charge in [-0.2, -0.15) is 4.98 Å². The van der Waals surface area contributed by atoms with E-state index in [-0.39, 0.29) is 35.4 Å². The Morgan fingerprint density at radius 3 is 2.64 bits per heavy atom. The molecule has 9 nitrogen and oxygen atoms in total. The first-order valence-electron chi connectivity index (χ1n) is 7.16. The lowest BCUT2D eigenvalue weighted by molar-refractivity contribution is -0.00629. The molecule has 0 aliphatic carbocycles. The molecule has 1 fully saturated rings. The summed E-state index contributed by atoms with van der Waals surface area (Å²) in [5.74, 6) is -0.495. The largest absolute Gasteiger partial charge is 0.507 e. The summed E-state index contributed by atoms with van der Waals surface area (Å²) in [6, 6.07) is 7.35. The second kappa shape index (κ2) is 8.51. The quantitative estimate of drug-likeness (QED) is 0.608. The van der Waals surface area contributed by atoms with Gasteiger partial charge in [0, 0.05) is 11.9 Å². The molecule has 1 saturated heterocycles. The van der Waals surface area contributed by atoms with Crippen molar-refractivity contribution in [2.24, 2.45) is 0 Å². The van der Waals surface area contributed by atoms with Crippen molar-refractivity contribution in [3.05, 3.63) is 52.6 Å². The van der Waals surface area contributed by atoms with Crippen molar-refractivity contribution in [1.29, 1.82) is 0 Å². The summed E-state index contributed by atoms with van der Waals surface area (Å²) in [6.07, 6.45) is 1.18. The molecule has 2 aromatic rings. The van der Waals surface area contributed by atoms with Crippen molar-refractivity contribution in [2.75, 3.05) is 18.1 Å². The first-order valence-corrected chi connectivity index (χ1v) is 8.21. The number of para-hydroxylation sites is 1. The molecule has 10 heteroatoms. The molecule has 134 valence electrons. The van der Waals surface area contributed by atoms with E-state index in [1.807, 2.05) is 0 Å². The Kier molecular flexibility index (Phi) is 6.39. The van der Waals surface area contributed by atoms with Gasteiger partial charge in [-0.1, -0.05) is 12.1 Å². The third kappa shape index (κ3) is 4.95. The van der Waals surface area contributed by atoms with Crippen LogP contribution in [0.1, 0.15) is 16.6 Å². The number of benzene rings is 1. The van der Waals surface area contributed by atoms with E-state index in [9.17, 15) is 9.59 Å². The third-order valence-electron chi connectivity index (χ3n) is 3.18. The van der Waals surface area contributed by atoms with Crippen LogP contribution in [0.25, 0.3) is 0 Å². The van der Waals surface area contributed by atoms with Crippen LogP contribution in [0.3, 0.4) is 0 Å². The van der Waals surface area contributed by atoms with Gasteiger partial charge in [-0.25, -0.2) is 9.59 Å². The summed E-state index contributed by atoms with van der Waals surface area (Å²) in [7, 11) is 0. The maximum absolute atomic E-state index is 11.4. The van der Waals surface area contributed by atoms with Gasteiger partial charge < -0.3 is 25.8 Å². The Morgan fingerprint density at radius 2 is 2.12 bits per heavy atom. The predicted molar refractivity (Wildman–Crippen MR) is 91.4 cm³/mol. The fourth-order valence-corrected chi connectivity index (χ4v) is 2.92. The van der Waals surface area contributed by atoms with Gasteiger partial charge in [-0.15, -0.1) is 11.8 Å². The lowest BCUT2D eigenvalue weighted by atomic mass is 10.2. The Balaban J connectivity index is 0.000000196. The lowest BCUT2D eigenvalue weighted by Crippen LogP contribution is -2.28. The molecule has 0 amide bonds. The summed E-state index contributed by atoms with van der Waals surface area (Å²) in [5.41, 5.74) is 4.61. The number of aliphatic hydroxyl groups is 1. The van der Waals surface area contributed by atoms with Gasteiger partial charge in [0.25, 0.3) is 0 Å². The number of thioether (sulfide) groups is 1. The molecular formula is C15H17N3O6S. The molecule has 2 heterocycles. The van der Waals surface area contributed by atoms with Crippen LogP contribution in [0.4, 0.5) is 5.82 Å². The minimum Gasteiger partial charge on any atom is -0.507 e. The molecule has 25 heavy (non-hydrogen) atoms. The van der Waals surface area contributed by atoms with Gasteiger partial charge in [0.1, 0.15) is 28.8 Å². The van der Waals surface area contributed by atoms with Crippen molar-refractivity contribution in [1.82, 2.24) is 9.55 Å². The van der Waals surface area contributed by atoms with E-state index >= 15 is 0 Å². The van der Waals surface area contributed by atoms with Crippen LogP contribution in [-0.2, 0) is 4.74 Å². The molecule has 0 spiro atoms. The minimum atomic E-state index is -1.11. The number of nitrogens with two attached hydrogens (primary N) is 1. The van der Waals surface area contributed by atoms with Crippen molar-refractivity contribution in [3.8, 4) is 5.75 Å². The number of carbonyl (C=O) groups is 1. The number of anilines is 1. The van der Waals surface area contributed by atoms with Gasteiger partial charge in [-0.3, -0.25) is 4.57 Å². The third-order valence-corrected chi connectivity index (χ3v) is 4.29. The average Bonchev–Trinajstić information content (AvgIpc) is 3.04. The number of nitrogens with zero attached hydrogens (tertiary/aromatic N) is 2. The summed E-state index contributed by atoms with van der Waals surface area (Å²) in [6.45, 7) is -0.0572. The predicted octanol–water partition coefficient (Wildman–Crippen LogP) is 0.496. The number of nitrogen functional groups attached to an aromatic ring is 1. The highest BCUT2D eigenvalue weighted by molar-refractivity contribution is 8.00. The molecule has 5 N–H and O–H groups in total.